The van der Waals surface area contributed by atoms with Crippen molar-refractivity contribution in [3.05, 3.63) is 17.7 Å². The Morgan fingerprint density at radius 1 is 1.15 bits per heavy atom. The van der Waals surface area contributed by atoms with Crippen LogP contribution in [0.5, 0.6) is 0 Å². The summed E-state index contributed by atoms with van der Waals surface area (Å²) in [6.45, 7) is 13.7. The van der Waals surface area contributed by atoms with E-state index in [0.717, 1.165) is 64.0 Å². The number of rotatable bonds is 9. The van der Waals surface area contributed by atoms with Crippen molar-refractivity contribution in [1.29, 1.82) is 0 Å². The molecule has 186 valence electrons. The molecule has 7 heteroatoms. The minimum Gasteiger partial charge on any atom is -0.341 e. The molecule has 1 aromatic heterocycles. The van der Waals surface area contributed by atoms with E-state index < -0.39 is 0 Å². The highest BCUT2D eigenvalue weighted by Crippen LogP contribution is 2.25. The summed E-state index contributed by atoms with van der Waals surface area (Å²) in [6.07, 6.45) is 7.50. The molecule has 0 bridgehead atoms. The minimum atomic E-state index is -0.340. The predicted molar refractivity (Wildman–Crippen MR) is 132 cm³/mol. The van der Waals surface area contributed by atoms with Crippen molar-refractivity contribution >= 4 is 11.8 Å². The Morgan fingerprint density at radius 3 is 2.42 bits per heavy atom. The van der Waals surface area contributed by atoms with Crippen LogP contribution in [-0.4, -0.2) is 69.4 Å². The number of piperidine rings is 1. The van der Waals surface area contributed by atoms with Crippen LogP contribution >= 0.6 is 0 Å². The van der Waals surface area contributed by atoms with E-state index in [9.17, 15) is 9.59 Å². The van der Waals surface area contributed by atoms with Crippen molar-refractivity contribution in [3.8, 4) is 0 Å². The van der Waals surface area contributed by atoms with Crippen LogP contribution in [0.25, 0.3) is 0 Å². The summed E-state index contributed by atoms with van der Waals surface area (Å²) < 4.78 is 2.22. The standard InChI is InChI=1S/C26H45N5O2/c1-7-21-17-28-24(29(21)6)16-20-8-11-30(12-9-20)26(33)23(15-19(4)5)31-13-10-27-22(25(31)32)14-18(2)3/h17-20,22-23,27H,7-16H2,1-6H3/t22-,23-/m0/s1. The van der Waals surface area contributed by atoms with Gasteiger partial charge in [-0.05, 0) is 49.9 Å². The van der Waals surface area contributed by atoms with Crippen LogP contribution in [0.1, 0.15) is 71.8 Å². The van der Waals surface area contributed by atoms with Gasteiger partial charge in [0.05, 0.1) is 6.04 Å². The fourth-order valence-corrected chi connectivity index (χ4v) is 5.36. The van der Waals surface area contributed by atoms with Gasteiger partial charge >= 0.3 is 0 Å². The Kier molecular flexibility index (Phi) is 8.96. The van der Waals surface area contributed by atoms with E-state index in [1.807, 2.05) is 16.0 Å². The lowest BCUT2D eigenvalue weighted by Gasteiger charge is -2.42. The fraction of sp³-hybridized carbons (Fsp3) is 0.808. The third-order valence-corrected chi connectivity index (χ3v) is 7.33. The zero-order chi connectivity index (χ0) is 24.1. The van der Waals surface area contributed by atoms with Gasteiger partial charge in [-0.25, -0.2) is 4.98 Å². The molecule has 1 N–H and O–H groups in total. The molecule has 2 aliphatic rings. The Bertz CT molecular complexity index is 795. The molecular weight excluding hydrogens is 414 g/mol. The van der Waals surface area contributed by atoms with Gasteiger partial charge in [-0.3, -0.25) is 9.59 Å². The van der Waals surface area contributed by atoms with Gasteiger partial charge in [0.15, 0.2) is 0 Å². The van der Waals surface area contributed by atoms with E-state index in [4.69, 9.17) is 0 Å². The van der Waals surface area contributed by atoms with Gasteiger partial charge in [0.25, 0.3) is 0 Å². The first kappa shape index (κ1) is 25.7. The lowest BCUT2D eigenvalue weighted by molar-refractivity contribution is -0.150. The summed E-state index contributed by atoms with van der Waals surface area (Å²) in [4.78, 5) is 35.5. The molecule has 2 atom stereocenters. The van der Waals surface area contributed by atoms with E-state index in [-0.39, 0.29) is 23.9 Å². The maximum absolute atomic E-state index is 13.7. The van der Waals surface area contributed by atoms with Crippen molar-refractivity contribution in [2.45, 2.75) is 85.2 Å². The molecule has 2 fully saturated rings. The van der Waals surface area contributed by atoms with Crippen molar-refractivity contribution in [2.24, 2.45) is 24.8 Å². The predicted octanol–water partition coefficient (Wildman–Crippen LogP) is 3.02. The van der Waals surface area contributed by atoms with Crippen LogP contribution in [0.15, 0.2) is 6.20 Å². The molecule has 0 spiro atoms. The lowest BCUT2D eigenvalue weighted by Crippen LogP contribution is -2.62. The third kappa shape index (κ3) is 6.37. The first-order valence-corrected chi connectivity index (χ1v) is 13.0. The number of likely N-dealkylation sites (tertiary alicyclic amines) is 1. The average molecular weight is 460 g/mol. The summed E-state index contributed by atoms with van der Waals surface area (Å²) >= 11 is 0. The molecule has 1 aromatic rings. The zero-order valence-corrected chi connectivity index (χ0v) is 21.6. The number of hydrogen-bond donors (Lipinski definition) is 1. The first-order valence-electron chi connectivity index (χ1n) is 13.0. The lowest BCUT2D eigenvalue weighted by atomic mass is 9.91. The Morgan fingerprint density at radius 2 is 1.85 bits per heavy atom. The van der Waals surface area contributed by atoms with E-state index in [1.165, 1.54) is 5.69 Å². The normalized spacial score (nSPS) is 21.3. The summed E-state index contributed by atoms with van der Waals surface area (Å²) in [6, 6.07) is -0.509. The Balaban J connectivity index is 1.63. The number of piperazine rings is 1. The molecule has 0 aromatic carbocycles. The van der Waals surface area contributed by atoms with Gasteiger partial charge in [-0.15, -0.1) is 0 Å². The zero-order valence-electron chi connectivity index (χ0n) is 21.6. The quantitative estimate of drug-likeness (QED) is 0.616. The van der Waals surface area contributed by atoms with E-state index >= 15 is 0 Å². The molecule has 3 rings (SSSR count). The third-order valence-electron chi connectivity index (χ3n) is 7.33. The van der Waals surface area contributed by atoms with Crippen LogP contribution in [0, 0.1) is 17.8 Å². The average Bonchev–Trinajstić information content (AvgIpc) is 3.12. The molecule has 2 saturated heterocycles. The fourth-order valence-electron chi connectivity index (χ4n) is 5.36. The highest BCUT2D eigenvalue weighted by atomic mass is 16.2. The summed E-state index contributed by atoms with van der Waals surface area (Å²) in [5.74, 6) is 2.75. The summed E-state index contributed by atoms with van der Waals surface area (Å²) in [7, 11) is 2.10. The second-order valence-electron chi connectivity index (χ2n) is 10.9. The van der Waals surface area contributed by atoms with Crippen molar-refractivity contribution < 1.29 is 9.59 Å². The van der Waals surface area contributed by atoms with E-state index in [0.29, 0.717) is 24.3 Å². The molecule has 0 unspecified atom stereocenters. The molecule has 7 nitrogen and oxygen atoms in total. The number of aryl methyl sites for hydroxylation is 1. The SMILES string of the molecule is CCc1cnc(CC2CCN(C(=O)[C@H](CC(C)C)N3CCN[C@@H](CC(C)C)C3=O)CC2)n1C. The topological polar surface area (TPSA) is 70.5 Å². The molecule has 3 heterocycles. The maximum atomic E-state index is 13.7. The summed E-state index contributed by atoms with van der Waals surface area (Å²) in [5, 5.41) is 3.37. The van der Waals surface area contributed by atoms with Crippen molar-refractivity contribution in [2.75, 3.05) is 26.2 Å². The smallest absolute Gasteiger partial charge is 0.245 e. The highest BCUT2D eigenvalue weighted by Gasteiger charge is 2.39. The Labute approximate surface area is 200 Å². The molecule has 2 amide bonds. The number of amides is 2. The number of nitrogens with zero attached hydrogens (tertiary/aromatic N) is 4. The minimum absolute atomic E-state index is 0.102. The monoisotopic (exact) mass is 459 g/mol. The number of hydrogen-bond acceptors (Lipinski definition) is 4. The van der Waals surface area contributed by atoms with Crippen LogP contribution in [0.2, 0.25) is 0 Å². The number of carbonyl (C=O) groups is 2. The molecule has 2 aliphatic heterocycles. The second-order valence-corrected chi connectivity index (χ2v) is 10.9. The molecule has 0 saturated carbocycles. The van der Waals surface area contributed by atoms with Gasteiger partial charge < -0.3 is 19.7 Å². The summed E-state index contributed by atoms with van der Waals surface area (Å²) in [5.41, 5.74) is 1.27. The van der Waals surface area contributed by atoms with Gasteiger partial charge in [-0.2, -0.15) is 0 Å². The van der Waals surface area contributed by atoms with Crippen molar-refractivity contribution in [3.63, 3.8) is 0 Å². The molecule has 33 heavy (non-hydrogen) atoms. The molecule has 0 aliphatic carbocycles. The van der Waals surface area contributed by atoms with Gasteiger partial charge in [-0.1, -0.05) is 34.6 Å². The van der Waals surface area contributed by atoms with Crippen LogP contribution < -0.4 is 5.32 Å². The maximum Gasteiger partial charge on any atom is 0.245 e. The van der Waals surface area contributed by atoms with Gasteiger partial charge in [0, 0.05) is 51.5 Å². The number of nitrogens with one attached hydrogen (secondary N) is 1. The highest BCUT2D eigenvalue weighted by molar-refractivity contribution is 5.90. The van der Waals surface area contributed by atoms with Gasteiger partial charge in [0.2, 0.25) is 11.8 Å². The van der Waals surface area contributed by atoms with Gasteiger partial charge in [0.1, 0.15) is 11.9 Å². The largest absolute Gasteiger partial charge is 0.341 e. The van der Waals surface area contributed by atoms with Crippen molar-refractivity contribution in [1.82, 2.24) is 24.7 Å². The van der Waals surface area contributed by atoms with E-state index in [1.54, 1.807) is 0 Å². The second kappa shape index (κ2) is 11.5. The molecular formula is C26H45N5O2. The Hall–Kier alpha value is -1.89. The number of carbonyl (C=O) groups excluding carboxylic acids is 2. The van der Waals surface area contributed by atoms with Crippen LogP contribution in [0.3, 0.4) is 0 Å². The van der Waals surface area contributed by atoms with E-state index in [2.05, 4.69) is 56.5 Å². The van der Waals surface area contributed by atoms with Crippen LogP contribution in [-0.2, 0) is 29.5 Å². The first-order chi connectivity index (χ1) is 15.7. The molecule has 0 radical (unpaired) electrons. The van der Waals surface area contributed by atoms with Crippen LogP contribution in [0.4, 0.5) is 0 Å². The number of imidazole rings is 1. The number of aromatic nitrogens is 2.